The zero-order chi connectivity index (χ0) is 16.3. The van der Waals surface area contributed by atoms with Crippen molar-refractivity contribution in [2.75, 3.05) is 6.61 Å². The Balaban J connectivity index is 0.000000621. The molecular weight excluding hydrogens is 302 g/mol. The van der Waals surface area contributed by atoms with Crippen LogP contribution in [0.4, 0.5) is 0 Å². The van der Waals surface area contributed by atoms with Crippen LogP contribution in [-0.4, -0.2) is 80.5 Å². The smallest absolute Gasteiger partial charge is 0.394 e. The quantitative estimate of drug-likeness (QED) is 0.244. The first-order valence-electron chi connectivity index (χ1n) is 5.18. The number of hydrogen-bond donors (Lipinski definition) is 7. The second-order valence-corrected chi connectivity index (χ2v) is 4.94. The monoisotopic (exact) mass is 319 g/mol. The maximum absolute atomic E-state index is 11.1. The van der Waals surface area contributed by atoms with Gasteiger partial charge in [0, 0.05) is 6.92 Å². The molecule has 1 aliphatic heterocycles. The van der Waals surface area contributed by atoms with Gasteiger partial charge in [-0.15, -0.1) is 0 Å². The molecule has 0 radical (unpaired) electrons. The van der Waals surface area contributed by atoms with E-state index in [-0.39, 0.29) is 0 Å². The van der Waals surface area contributed by atoms with Gasteiger partial charge in [0.15, 0.2) is 5.78 Å². The summed E-state index contributed by atoms with van der Waals surface area (Å²) in [5, 5.41) is 37.4. The summed E-state index contributed by atoms with van der Waals surface area (Å²) in [5.41, 5.74) is 5.38. The van der Waals surface area contributed by atoms with Gasteiger partial charge in [0.1, 0.15) is 18.3 Å². The van der Waals surface area contributed by atoms with E-state index in [0.717, 1.165) is 6.92 Å². The predicted octanol–water partition coefficient (Wildman–Crippen LogP) is -3.95. The first kappa shape index (κ1) is 19.3. The lowest BCUT2D eigenvalue weighted by molar-refractivity contribution is -0.296. The van der Waals surface area contributed by atoms with Crippen LogP contribution in [0.15, 0.2) is 0 Å². The molecule has 5 atom stereocenters. The van der Waals surface area contributed by atoms with Crippen molar-refractivity contribution in [2.45, 2.75) is 37.1 Å². The van der Waals surface area contributed by atoms with Gasteiger partial charge in [-0.2, -0.15) is 8.42 Å². The minimum atomic E-state index is -4.67. The molecule has 1 aliphatic rings. The maximum atomic E-state index is 11.1. The number of carbonyl (C=O) groups is 1. The number of aliphatic hydroxyl groups is 4. The van der Waals surface area contributed by atoms with Gasteiger partial charge >= 0.3 is 10.4 Å². The lowest BCUT2D eigenvalue weighted by Crippen LogP contribution is -2.70. The summed E-state index contributed by atoms with van der Waals surface area (Å²) in [6.45, 7) is 0.402. The van der Waals surface area contributed by atoms with Crippen molar-refractivity contribution in [1.29, 1.82) is 0 Å². The second kappa shape index (κ2) is 6.84. The molecule has 0 aliphatic carbocycles. The van der Waals surface area contributed by atoms with Gasteiger partial charge in [0.05, 0.1) is 12.6 Å². The largest absolute Gasteiger partial charge is 0.394 e. The van der Waals surface area contributed by atoms with Crippen molar-refractivity contribution in [1.82, 2.24) is 0 Å². The lowest BCUT2D eigenvalue weighted by atomic mass is 9.89. The average molecular weight is 319 g/mol. The van der Waals surface area contributed by atoms with E-state index < -0.39 is 52.9 Å². The molecule has 0 aromatic rings. The number of Topliss-reactive ketones (excluding diaryl/α,β-unsaturated/α-hetero) is 1. The molecule has 11 nitrogen and oxygen atoms in total. The van der Waals surface area contributed by atoms with Crippen molar-refractivity contribution in [3.8, 4) is 0 Å². The minimum Gasteiger partial charge on any atom is -0.394 e. The average Bonchev–Trinajstić information content (AvgIpc) is 2.29. The third kappa shape index (κ3) is 5.01. The van der Waals surface area contributed by atoms with E-state index in [1.807, 2.05) is 0 Å². The highest BCUT2D eigenvalue weighted by atomic mass is 32.3. The topological polar surface area (TPSA) is 208 Å². The summed E-state index contributed by atoms with van der Waals surface area (Å²) in [7, 11) is -4.67. The second-order valence-electron chi connectivity index (χ2n) is 4.05. The first-order chi connectivity index (χ1) is 8.84. The van der Waals surface area contributed by atoms with Gasteiger partial charge in [-0.05, 0) is 0 Å². The van der Waals surface area contributed by atoms with Crippen LogP contribution in [0.5, 0.6) is 0 Å². The van der Waals surface area contributed by atoms with Gasteiger partial charge in [0.2, 0.25) is 5.79 Å². The van der Waals surface area contributed by atoms with Gasteiger partial charge < -0.3 is 30.9 Å². The Morgan fingerprint density at radius 1 is 1.30 bits per heavy atom. The van der Waals surface area contributed by atoms with Crippen LogP contribution >= 0.6 is 0 Å². The van der Waals surface area contributed by atoms with E-state index in [9.17, 15) is 20.1 Å². The van der Waals surface area contributed by atoms with E-state index in [4.69, 9.17) is 33.1 Å². The molecule has 0 amide bonds. The molecule has 0 spiro atoms. The Kier molecular flexibility index (Phi) is 6.60. The zero-order valence-electron chi connectivity index (χ0n) is 10.3. The number of hydrogen-bond acceptors (Lipinski definition) is 9. The summed E-state index contributed by atoms with van der Waals surface area (Å²) >= 11 is 0. The van der Waals surface area contributed by atoms with E-state index in [2.05, 4.69) is 0 Å². The fourth-order valence-corrected chi connectivity index (χ4v) is 1.51. The molecule has 0 saturated carbocycles. The SMILES string of the molecule is CC(=O)C1(O)O[C@H](CO)[C@H](O)[C@H](O)[C@H]1N.O=S(=O)(O)O. The Morgan fingerprint density at radius 3 is 2.00 bits per heavy atom. The zero-order valence-corrected chi connectivity index (χ0v) is 11.1. The van der Waals surface area contributed by atoms with Crippen LogP contribution in [0.3, 0.4) is 0 Å². The standard InChI is InChI=1S/C8H15NO6.H2O4S/c1-3(11)8(14)7(9)6(13)5(12)4(2-10)15-8;1-5(2,3)4/h4-7,10,12-14H,2,9H2,1H3;(H2,1,2,3,4)/t4-,5+,6+,7-,8?;/m1./s1. The lowest BCUT2D eigenvalue weighted by Gasteiger charge is -2.44. The molecule has 1 rings (SSSR count). The maximum Gasteiger partial charge on any atom is 0.394 e. The Bertz CT molecular complexity index is 429. The molecule has 1 unspecified atom stereocenters. The molecule has 1 fully saturated rings. The van der Waals surface area contributed by atoms with Gasteiger partial charge in [0.25, 0.3) is 0 Å². The number of nitrogens with two attached hydrogens (primary N) is 1. The van der Waals surface area contributed by atoms with Crippen LogP contribution in [0.25, 0.3) is 0 Å². The molecule has 1 saturated heterocycles. The molecular formula is C8H17NO10S. The Hall–Kier alpha value is -0.700. The van der Waals surface area contributed by atoms with Gasteiger partial charge in [-0.1, -0.05) is 0 Å². The van der Waals surface area contributed by atoms with Crippen LogP contribution in [-0.2, 0) is 19.9 Å². The first-order valence-corrected chi connectivity index (χ1v) is 6.58. The highest BCUT2D eigenvalue weighted by molar-refractivity contribution is 7.79. The number of carbonyl (C=O) groups excluding carboxylic acids is 1. The fourth-order valence-electron chi connectivity index (χ4n) is 1.51. The van der Waals surface area contributed by atoms with Crippen molar-refractivity contribution in [3.05, 3.63) is 0 Å². The molecule has 0 aromatic heterocycles. The highest BCUT2D eigenvalue weighted by Crippen LogP contribution is 2.27. The molecule has 12 heteroatoms. The molecule has 20 heavy (non-hydrogen) atoms. The van der Waals surface area contributed by atoms with Gasteiger partial charge in [-0.25, -0.2) is 0 Å². The van der Waals surface area contributed by atoms with Crippen molar-refractivity contribution in [2.24, 2.45) is 5.73 Å². The van der Waals surface area contributed by atoms with Crippen molar-refractivity contribution in [3.63, 3.8) is 0 Å². The Morgan fingerprint density at radius 2 is 1.70 bits per heavy atom. The summed E-state index contributed by atoms with van der Waals surface area (Å²) < 4.78 is 36.4. The minimum absolute atomic E-state index is 0.638. The normalized spacial score (nSPS) is 37.8. The van der Waals surface area contributed by atoms with E-state index in [1.54, 1.807) is 0 Å². The number of rotatable bonds is 2. The summed E-state index contributed by atoms with van der Waals surface area (Å²) in [6.07, 6.45) is -4.22. The van der Waals surface area contributed by atoms with Crippen LogP contribution in [0, 0.1) is 0 Å². The van der Waals surface area contributed by atoms with E-state index >= 15 is 0 Å². The molecule has 8 N–H and O–H groups in total. The molecule has 1 heterocycles. The third-order valence-corrected chi connectivity index (χ3v) is 2.57. The number of ketones is 1. The van der Waals surface area contributed by atoms with Crippen molar-refractivity contribution >= 4 is 16.2 Å². The fraction of sp³-hybridized carbons (Fsp3) is 0.875. The molecule has 0 aromatic carbocycles. The number of aliphatic hydroxyl groups excluding tert-OH is 3. The Labute approximate surface area is 114 Å². The van der Waals surface area contributed by atoms with Gasteiger partial charge in [-0.3, -0.25) is 13.9 Å². The predicted molar refractivity (Wildman–Crippen MR) is 61.8 cm³/mol. The van der Waals surface area contributed by atoms with Crippen LogP contribution in [0.2, 0.25) is 0 Å². The van der Waals surface area contributed by atoms with Crippen LogP contribution < -0.4 is 5.73 Å². The third-order valence-electron chi connectivity index (χ3n) is 2.57. The summed E-state index contributed by atoms with van der Waals surface area (Å²) in [4.78, 5) is 11.1. The number of ether oxygens (including phenoxy) is 1. The van der Waals surface area contributed by atoms with E-state index in [1.165, 1.54) is 0 Å². The van der Waals surface area contributed by atoms with Crippen molar-refractivity contribution < 1.29 is 47.5 Å². The highest BCUT2D eigenvalue weighted by Gasteiger charge is 2.54. The van der Waals surface area contributed by atoms with Crippen LogP contribution in [0.1, 0.15) is 6.92 Å². The summed E-state index contributed by atoms with van der Waals surface area (Å²) in [5.74, 6) is -3.16. The summed E-state index contributed by atoms with van der Waals surface area (Å²) in [6, 6.07) is -1.45. The molecule has 0 bridgehead atoms. The van der Waals surface area contributed by atoms with E-state index in [0.29, 0.717) is 0 Å². The molecule has 120 valence electrons.